The van der Waals surface area contributed by atoms with Crippen LogP contribution in [-0.4, -0.2) is 26.8 Å². The molecular weight excluding hydrogens is 190 g/mol. The minimum atomic E-state index is -0.509. The first-order chi connectivity index (χ1) is 7.23. The number of aryl methyl sites for hydroxylation is 1. The highest BCUT2D eigenvalue weighted by molar-refractivity contribution is 5.26. The first-order valence-corrected chi connectivity index (χ1v) is 5.71. The van der Waals surface area contributed by atoms with Crippen LogP contribution in [0.3, 0.4) is 0 Å². The topological polar surface area (TPSA) is 50.1 Å². The summed E-state index contributed by atoms with van der Waals surface area (Å²) in [6, 6.07) is 0. The highest BCUT2D eigenvalue weighted by Crippen LogP contribution is 2.29. The molecule has 1 aliphatic carbocycles. The van der Waals surface area contributed by atoms with Gasteiger partial charge in [0.15, 0.2) is 0 Å². The van der Waals surface area contributed by atoms with Gasteiger partial charge in [0.25, 0.3) is 0 Å². The Balaban J connectivity index is 1.92. The fourth-order valence-corrected chi connectivity index (χ4v) is 2.19. The molecule has 0 aromatic carbocycles. The molecule has 0 amide bonds. The SMILES string of the molecule is CCn1ccnc1NCC1(O)CCCC1. The predicted molar refractivity (Wildman–Crippen MR) is 59.8 cm³/mol. The average molecular weight is 209 g/mol. The normalized spacial score (nSPS) is 19.3. The third kappa shape index (κ3) is 2.31. The Morgan fingerprint density at radius 1 is 1.53 bits per heavy atom. The lowest BCUT2D eigenvalue weighted by atomic mass is 10.0. The van der Waals surface area contributed by atoms with Gasteiger partial charge in [-0.25, -0.2) is 4.98 Å². The van der Waals surface area contributed by atoms with Gasteiger partial charge in [0, 0.05) is 25.5 Å². The molecule has 0 atom stereocenters. The van der Waals surface area contributed by atoms with Crippen molar-refractivity contribution in [2.24, 2.45) is 0 Å². The van der Waals surface area contributed by atoms with E-state index in [1.165, 1.54) is 0 Å². The van der Waals surface area contributed by atoms with Gasteiger partial charge in [0.1, 0.15) is 0 Å². The molecule has 0 radical (unpaired) electrons. The molecule has 1 fully saturated rings. The predicted octanol–water partition coefficient (Wildman–Crippen LogP) is 1.62. The van der Waals surface area contributed by atoms with Crippen LogP contribution >= 0.6 is 0 Å². The van der Waals surface area contributed by atoms with Crippen molar-refractivity contribution in [3.8, 4) is 0 Å². The number of anilines is 1. The van der Waals surface area contributed by atoms with Crippen LogP contribution in [0.2, 0.25) is 0 Å². The van der Waals surface area contributed by atoms with E-state index in [1.54, 1.807) is 6.20 Å². The first-order valence-electron chi connectivity index (χ1n) is 5.71. The summed E-state index contributed by atoms with van der Waals surface area (Å²) in [5.41, 5.74) is -0.509. The minimum absolute atomic E-state index is 0.509. The van der Waals surface area contributed by atoms with Gasteiger partial charge in [-0.15, -0.1) is 0 Å². The second kappa shape index (κ2) is 4.23. The lowest BCUT2D eigenvalue weighted by Crippen LogP contribution is -2.34. The zero-order valence-corrected chi connectivity index (χ0v) is 9.24. The van der Waals surface area contributed by atoms with Crippen molar-refractivity contribution in [2.75, 3.05) is 11.9 Å². The number of rotatable bonds is 4. The average Bonchev–Trinajstić information content (AvgIpc) is 2.84. The summed E-state index contributed by atoms with van der Waals surface area (Å²) in [6.45, 7) is 3.60. The van der Waals surface area contributed by atoms with Crippen LogP contribution in [0.5, 0.6) is 0 Å². The molecule has 1 aromatic rings. The zero-order chi connectivity index (χ0) is 10.7. The smallest absolute Gasteiger partial charge is 0.202 e. The molecule has 0 bridgehead atoms. The molecule has 0 aliphatic heterocycles. The van der Waals surface area contributed by atoms with Gasteiger partial charge in [-0.3, -0.25) is 0 Å². The van der Waals surface area contributed by atoms with Crippen molar-refractivity contribution in [2.45, 2.75) is 44.8 Å². The summed E-state index contributed by atoms with van der Waals surface area (Å²) in [7, 11) is 0. The Kier molecular flexibility index (Phi) is 2.95. The quantitative estimate of drug-likeness (QED) is 0.792. The number of aliphatic hydroxyl groups is 1. The lowest BCUT2D eigenvalue weighted by Gasteiger charge is -2.22. The number of nitrogens with one attached hydrogen (secondary N) is 1. The third-order valence-electron chi connectivity index (χ3n) is 3.17. The monoisotopic (exact) mass is 209 g/mol. The molecule has 4 heteroatoms. The summed E-state index contributed by atoms with van der Waals surface area (Å²) >= 11 is 0. The Labute approximate surface area is 90.3 Å². The Bertz CT molecular complexity index is 315. The van der Waals surface area contributed by atoms with E-state index in [1.807, 2.05) is 10.8 Å². The van der Waals surface area contributed by atoms with Crippen LogP contribution in [0.25, 0.3) is 0 Å². The van der Waals surface area contributed by atoms with E-state index >= 15 is 0 Å². The van der Waals surface area contributed by atoms with Crippen molar-refractivity contribution >= 4 is 5.95 Å². The molecule has 4 nitrogen and oxygen atoms in total. The first kappa shape index (κ1) is 10.5. The Hall–Kier alpha value is -1.03. The number of hydrogen-bond donors (Lipinski definition) is 2. The van der Waals surface area contributed by atoms with Gasteiger partial charge in [-0.05, 0) is 19.8 Å². The summed E-state index contributed by atoms with van der Waals surface area (Å²) in [4.78, 5) is 4.22. The van der Waals surface area contributed by atoms with E-state index < -0.39 is 5.60 Å². The second-order valence-electron chi connectivity index (χ2n) is 4.32. The second-order valence-corrected chi connectivity index (χ2v) is 4.32. The maximum atomic E-state index is 10.2. The van der Waals surface area contributed by atoms with Crippen molar-refractivity contribution in [1.29, 1.82) is 0 Å². The van der Waals surface area contributed by atoms with Crippen LogP contribution in [0.1, 0.15) is 32.6 Å². The lowest BCUT2D eigenvalue weighted by molar-refractivity contribution is 0.0612. The van der Waals surface area contributed by atoms with Crippen LogP contribution in [-0.2, 0) is 6.54 Å². The highest BCUT2D eigenvalue weighted by atomic mass is 16.3. The van der Waals surface area contributed by atoms with Gasteiger partial charge in [0.05, 0.1) is 5.60 Å². The van der Waals surface area contributed by atoms with E-state index in [0.717, 1.165) is 38.2 Å². The number of imidazole rings is 1. The van der Waals surface area contributed by atoms with Crippen LogP contribution < -0.4 is 5.32 Å². The maximum absolute atomic E-state index is 10.2. The highest BCUT2D eigenvalue weighted by Gasteiger charge is 2.30. The van der Waals surface area contributed by atoms with Gasteiger partial charge in [-0.1, -0.05) is 12.8 Å². The van der Waals surface area contributed by atoms with E-state index in [-0.39, 0.29) is 0 Å². The van der Waals surface area contributed by atoms with E-state index in [2.05, 4.69) is 17.2 Å². The van der Waals surface area contributed by atoms with E-state index in [9.17, 15) is 5.11 Å². The van der Waals surface area contributed by atoms with Gasteiger partial charge in [0.2, 0.25) is 5.95 Å². The van der Waals surface area contributed by atoms with Crippen molar-refractivity contribution < 1.29 is 5.11 Å². The molecule has 15 heavy (non-hydrogen) atoms. The van der Waals surface area contributed by atoms with Crippen LogP contribution in [0.4, 0.5) is 5.95 Å². The molecule has 0 saturated heterocycles. The Morgan fingerprint density at radius 2 is 2.27 bits per heavy atom. The molecular formula is C11H19N3O. The van der Waals surface area contributed by atoms with Crippen molar-refractivity contribution in [3.63, 3.8) is 0 Å². The number of aromatic nitrogens is 2. The molecule has 1 aliphatic rings. The maximum Gasteiger partial charge on any atom is 0.202 e. The zero-order valence-electron chi connectivity index (χ0n) is 9.24. The summed E-state index contributed by atoms with van der Waals surface area (Å²) < 4.78 is 2.04. The molecule has 0 spiro atoms. The molecule has 84 valence electrons. The van der Waals surface area contributed by atoms with Crippen LogP contribution in [0.15, 0.2) is 12.4 Å². The van der Waals surface area contributed by atoms with Crippen molar-refractivity contribution in [1.82, 2.24) is 9.55 Å². The molecule has 1 saturated carbocycles. The molecule has 2 rings (SSSR count). The fraction of sp³-hybridized carbons (Fsp3) is 0.727. The third-order valence-corrected chi connectivity index (χ3v) is 3.17. The van der Waals surface area contributed by atoms with Crippen LogP contribution in [0, 0.1) is 0 Å². The number of nitrogens with zero attached hydrogens (tertiary/aromatic N) is 2. The summed E-state index contributed by atoms with van der Waals surface area (Å²) in [5, 5.41) is 13.4. The summed E-state index contributed by atoms with van der Waals surface area (Å²) in [5.74, 6) is 0.859. The van der Waals surface area contributed by atoms with Gasteiger partial charge < -0.3 is 15.0 Å². The van der Waals surface area contributed by atoms with Gasteiger partial charge >= 0.3 is 0 Å². The van der Waals surface area contributed by atoms with Gasteiger partial charge in [-0.2, -0.15) is 0 Å². The molecule has 1 heterocycles. The fourth-order valence-electron chi connectivity index (χ4n) is 2.19. The largest absolute Gasteiger partial charge is 0.388 e. The molecule has 0 unspecified atom stereocenters. The van der Waals surface area contributed by atoms with E-state index in [0.29, 0.717) is 6.54 Å². The number of hydrogen-bond acceptors (Lipinski definition) is 3. The summed E-state index contributed by atoms with van der Waals surface area (Å²) in [6.07, 6.45) is 7.83. The Morgan fingerprint density at radius 3 is 2.93 bits per heavy atom. The molecule has 1 aromatic heterocycles. The van der Waals surface area contributed by atoms with E-state index in [4.69, 9.17) is 0 Å². The molecule has 2 N–H and O–H groups in total. The standard InChI is InChI=1S/C11H19N3O/c1-2-14-8-7-12-10(14)13-9-11(15)5-3-4-6-11/h7-8,15H,2-6,9H2,1H3,(H,12,13). The minimum Gasteiger partial charge on any atom is -0.388 e. The van der Waals surface area contributed by atoms with Crippen molar-refractivity contribution in [3.05, 3.63) is 12.4 Å².